The second-order valence-electron chi connectivity index (χ2n) is 6.31. The summed E-state index contributed by atoms with van der Waals surface area (Å²) in [6.45, 7) is 0.940. The molecule has 7 heteroatoms. The van der Waals surface area contributed by atoms with Crippen LogP contribution in [-0.4, -0.2) is 25.5 Å². The summed E-state index contributed by atoms with van der Waals surface area (Å²) in [6, 6.07) is 21.6. The molecule has 0 unspecified atom stereocenters. The van der Waals surface area contributed by atoms with Gasteiger partial charge < -0.3 is 9.88 Å². The number of carbonyl (C=O) groups is 1. The highest BCUT2D eigenvalue weighted by Gasteiger charge is 2.21. The second-order valence-corrected chi connectivity index (χ2v) is 7.22. The van der Waals surface area contributed by atoms with Gasteiger partial charge in [0.05, 0.1) is 6.54 Å². The molecular weight excluding hydrogens is 418 g/mol. The van der Waals surface area contributed by atoms with E-state index in [1.165, 1.54) is 0 Å². The summed E-state index contributed by atoms with van der Waals surface area (Å²) in [5.41, 5.74) is 2.38. The summed E-state index contributed by atoms with van der Waals surface area (Å²) in [5.74, 6) is 0.378. The zero-order valence-electron chi connectivity index (χ0n) is 15.0. The molecule has 6 nitrogen and oxygen atoms in total. The van der Waals surface area contributed by atoms with Crippen molar-refractivity contribution in [2.45, 2.75) is 13.1 Å². The van der Waals surface area contributed by atoms with Gasteiger partial charge in [0, 0.05) is 23.4 Å². The van der Waals surface area contributed by atoms with Gasteiger partial charge in [-0.05, 0) is 35.4 Å². The normalized spacial score (nSPS) is 10.8. The minimum atomic E-state index is -0.261. The molecule has 140 valence electrons. The van der Waals surface area contributed by atoms with Crippen LogP contribution in [0.15, 0.2) is 83.6 Å². The third-order valence-electron chi connectivity index (χ3n) is 4.29. The summed E-state index contributed by atoms with van der Waals surface area (Å²) in [7, 11) is 0. The quantitative estimate of drug-likeness (QED) is 0.500. The van der Waals surface area contributed by atoms with E-state index in [9.17, 15) is 4.79 Å². The lowest BCUT2D eigenvalue weighted by atomic mass is 10.2. The molecule has 0 aliphatic heterocycles. The average Bonchev–Trinajstić information content (AvgIpc) is 3.36. The van der Waals surface area contributed by atoms with E-state index in [0.717, 1.165) is 15.6 Å². The average molecular weight is 436 g/mol. The predicted octanol–water partition coefficient (Wildman–Crippen LogP) is 3.81. The monoisotopic (exact) mass is 435 g/mol. The molecule has 2 aromatic heterocycles. The fourth-order valence-corrected chi connectivity index (χ4v) is 3.41. The van der Waals surface area contributed by atoms with E-state index >= 15 is 0 Å². The molecule has 2 heterocycles. The highest BCUT2D eigenvalue weighted by atomic mass is 79.9. The highest BCUT2D eigenvalue weighted by molar-refractivity contribution is 9.10. The van der Waals surface area contributed by atoms with E-state index in [2.05, 4.69) is 31.6 Å². The summed E-state index contributed by atoms with van der Waals surface area (Å²) < 4.78 is 4.57. The van der Waals surface area contributed by atoms with Gasteiger partial charge in [0.25, 0.3) is 5.91 Å². The molecule has 0 aliphatic rings. The molecule has 4 aromatic rings. The van der Waals surface area contributed by atoms with Crippen LogP contribution in [0.4, 0.5) is 0 Å². The standard InChI is InChI=1S/C21H18BrN5O/c22-18-10-6-9-17(13-18)14-23-20(28)19-21(26-11-4-5-12-26)27(25-24-19)15-16-7-2-1-3-8-16/h1-13H,14-15H2,(H,23,28). The molecule has 28 heavy (non-hydrogen) atoms. The number of benzene rings is 2. The minimum Gasteiger partial charge on any atom is -0.346 e. The van der Waals surface area contributed by atoms with E-state index in [1.54, 1.807) is 4.68 Å². The van der Waals surface area contributed by atoms with E-state index in [1.807, 2.05) is 83.7 Å². The fourth-order valence-electron chi connectivity index (χ4n) is 2.96. The molecule has 1 amide bonds. The molecule has 1 N–H and O–H groups in total. The molecule has 0 fully saturated rings. The zero-order valence-corrected chi connectivity index (χ0v) is 16.6. The molecule has 0 radical (unpaired) electrons. The number of hydrogen-bond donors (Lipinski definition) is 1. The van der Waals surface area contributed by atoms with Crippen molar-refractivity contribution in [3.8, 4) is 5.82 Å². The van der Waals surface area contributed by atoms with Gasteiger partial charge >= 0.3 is 0 Å². The molecular formula is C21H18BrN5O. The van der Waals surface area contributed by atoms with E-state index in [-0.39, 0.29) is 5.91 Å². The van der Waals surface area contributed by atoms with Crippen molar-refractivity contribution in [2.75, 3.05) is 0 Å². The first-order chi connectivity index (χ1) is 13.7. The van der Waals surface area contributed by atoms with Crippen LogP contribution in [-0.2, 0) is 13.1 Å². The molecule has 0 spiro atoms. The largest absolute Gasteiger partial charge is 0.346 e. The molecule has 0 saturated carbocycles. The maximum atomic E-state index is 12.8. The van der Waals surface area contributed by atoms with Crippen LogP contribution in [0.25, 0.3) is 5.82 Å². The smallest absolute Gasteiger partial charge is 0.276 e. The topological polar surface area (TPSA) is 64.7 Å². The summed E-state index contributed by atoms with van der Waals surface area (Å²) >= 11 is 3.44. The summed E-state index contributed by atoms with van der Waals surface area (Å²) in [4.78, 5) is 12.8. The summed E-state index contributed by atoms with van der Waals surface area (Å²) in [5, 5.41) is 11.3. The number of halogens is 1. The molecule has 0 saturated heterocycles. The Bertz CT molecular complexity index is 1070. The third-order valence-corrected chi connectivity index (χ3v) is 4.78. The number of amides is 1. The number of carbonyl (C=O) groups excluding carboxylic acids is 1. The number of aromatic nitrogens is 4. The lowest BCUT2D eigenvalue weighted by Crippen LogP contribution is -2.25. The van der Waals surface area contributed by atoms with Gasteiger partial charge in [0.2, 0.25) is 0 Å². The second kappa shape index (κ2) is 8.22. The number of rotatable bonds is 6. The van der Waals surface area contributed by atoms with Crippen LogP contribution in [0, 0.1) is 0 Å². The van der Waals surface area contributed by atoms with Crippen LogP contribution in [0.2, 0.25) is 0 Å². The predicted molar refractivity (Wildman–Crippen MR) is 110 cm³/mol. The Hall–Kier alpha value is -3.19. The van der Waals surface area contributed by atoms with Crippen LogP contribution >= 0.6 is 15.9 Å². The zero-order chi connectivity index (χ0) is 19.3. The number of nitrogens with one attached hydrogen (secondary N) is 1. The van der Waals surface area contributed by atoms with Gasteiger partial charge in [-0.1, -0.05) is 63.6 Å². The molecule has 0 bridgehead atoms. The van der Waals surface area contributed by atoms with Gasteiger partial charge in [-0.25, -0.2) is 4.68 Å². The molecule has 0 aliphatic carbocycles. The minimum absolute atomic E-state index is 0.261. The maximum absolute atomic E-state index is 12.8. The lowest BCUT2D eigenvalue weighted by Gasteiger charge is -2.10. The van der Waals surface area contributed by atoms with Crippen LogP contribution in [0.5, 0.6) is 0 Å². The number of nitrogens with zero attached hydrogens (tertiary/aromatic N) is 4. The van der Waals surface area contributed by atoms with Crippen molar-refractivity contribution >= 4 is 21.8 Å². The first-order valence-corrected chi connectivity index (χ1v) is 9.63. The Kier molecular flexibility index (Phi) is 5.34. The molecule has 2 aromatic carbocycles. The SMILES string of the molecule is O=C(NCc1cccc(Br)c1)c1nnn(Cc2ccccc2)c1-n1cccc1. The van der Waals surface area contributed by atoms with Crippen molar-refractivity contribution in [1.29, 1.82) is 0 Å². The van der Waals surface area contributed by atoms with E-state index < -0.39 is 0 Å². The van der Waals surface area contributed by atoms with Crippen LogP contribution < -0.4 is 5.32 Å². The first-order valence-electron chi connectivity index (χ1n) is 8.84. The van der Waals surface area contributed by atoms with Gasteiger partial charge in [0.1, 0.15) is 0 Å². The molecule has 0 atom stereocenters. The van der Waals surface area contributed by atoms with Crippen LogP contribution in [0.3, 0.4) is 0 Å². The van der Waals surface area contributed by atoms with Gasteiger partial charge in [-0.15, -0.1) is 5.10 Å². The van der Waals surface area contributed by atoms with Gasteiger partial charge in [-0.2, -0.15) is 0 Å². The van der Waals surface area contributed by atoms with Gasteiger partial charge in [0.15, 0.2) is 11.5 Å². The van der Waals surface area contributed by atoms with Crippen molar-refractivity contribution in [2.24, 2.45) is 0 Å². The van der Waals surface area contributed by atoms with Gasteiger partial charge in [-0.3, -0.25) is 4.79 Å². The summed E-state index contributed by atoms with van der Waals surface area (Å²) in [6.07, 6.45) is 3.76. The Labute approximate surface area is 170 Å². The Balaban J connectivity index is 1.60. The fraction of sp³-hybridized carbons (Fsp3) is 0.0952. The lowest BCUT2D eigenvalue weighted by molar-refractivity contribution is 0.0946. The highest BCUT2D eigenvalue weighted by Crippen LogP contribution is 2.16. The van der Waals surface area contributed by atoms with Crippen molar-refractivity contribution in [3.05, 3.63) is 100 Å². The number of hydrogen-bond acceptors (Lipinski definition) is 3. The van der Waals surface area contributed by atoms with Crippen LogP contribution in [0.1, 0.15) is 21.6 Å². The van der Waals surface area contributed by atoms with Crippen molar-refractivity contribution < 1.29 is 4.79 Å². The Morgan fingerprint density at radius 2 is 1.71 bits per heavy atom. The Morgan fingerprint density at radius 1 is 0.964 bits per heavy atom. The van der Waals surface area contributed by atoms with Crippen molar-refractivity contribution in [1.82, 2.24) is 24.9 Å². The third kappa shape index (κ3) is 4.04. The van der Waals surface area contributed by atoms with E-state index in [0.29, 0.717) is 24.6 Å². The maximum Gasteiger partial charge on any atom is 0.276 e. The first kappa shape index (κ1) is 18.2. The van der Waals surface area contributed by atoms with Crippen molar-refractivity contribution in [3.63, 3.8) is 0 Å². The van der Waals surface area contributed by atoms with E-state index in [4.69, 9.17) is 0 Å². The Morgan fingerprint density at radius 3 is 2.46 bits per heavy atom. The molecule has 4 rings (SSSR count).